The van der Waals surface area contributed by atoms with Crippen LogP contribution in [0, 0.1) is 0 Å². The number of hydrogen-bond acceptors (Lipinski definition) is 7. The molecule has 0 aromatic heterocycles. The summed E-state index contributed by atoms with van der Waals surface area (Å²) in [5.74, 6) is 1.73. The molecule has 4 rings (SSSR count). The van der Waals surface area contributed by atoms with Gasteiger partial charge in [-0.1, -0.05) is 0 Å². The molecule has 0 N–H and O–H groups in total. The molecule has 134 valence electrons. The van der Waals surface area contributed by atoms with Gasteiger partial charge in [0.15, 0.2) is 23.2 Å². The maximum atomic E-state index is 12.6. The first-order valence-corrected chi connectivity index (χ1v) is 8.26. The molecule has 8 heteroatoms. The van der Waals surface area contributed by atoms with Crippen LogP contribution in [-0.2, 0) is 14.3 Å². The molecule has 1 amide bonds. The summed E-state index contributed by atoms with van der Waals surface area (Å²) in [6.07, 6.45) is -0.112. The van der Waals surface area contributed by atoms with Gasteiger partial charge in [-0.3, -0.25) is 4.79 Å². The number of benzene rings is 1. The summed E-state index contributed by atoms with van der Waals surface area (Å²) in [6.45, 7) is 3.18. The van der Waals surface area contributed by atoms with Crippen molar-refractivity contribution < 1.29 is 33.3 Å². The molecule has 0 aliphatic carbocycles. The van der Waals surface area contributed by atoms with Crippen LogP contribution in [0.2, 0.25) is 0 Å². The lowest BCUT2D eigenvalue weighted by Crippen LogP contribution is -2.51. The lowest BCUT2D eigenvalue weighted by atomic mass is 9.92. The molecule has 8 nitrogen and oxygen atoms in total. The molecular formula is C17H19NO7. The van der Waals surface area contributed by atoms with Gasteiger partial charge in [0, 0.05) is 32.0 Å². The van der Waals surface area contributed by atoms with E-state index in [9.17, 15) is 9.59 Å². The fourth-order valence-electron chi connectivity index (χ4n) is 3.27. The fraction of sp³-hybridized carbons (Fsp3) is 0.529. The predicted molar refractivity (Wildman–Crippen MR) is 83.6 cm³/mol. The largest absolute Gasteiger partial charge is 0.509 e. The number of amides is 1. The van der Waals surface area contributed by atoms with E-state index in [0.29, 0.717) is 43.2 Å². The van der Waals surface area contributed by atoms with Crippen molar-refractivity contribution in [3.8, 4) is 17.2 Å². The van der Waals surface area contributed by atoms with E-state index in [-0.39, 0.29) is 19.3 Å². The Hall–Kier alpha value is -2.64. The number of rotatable bonds is 3. The van der Waals surface area contributed by atoms with Gasteiger partial charge in [-0.05, 0) is 19.1 Å². The summed E-state index contributed by atoms with van der Waals surface area (Å²) in [5.41, 5.74) is -0.574. The lowest BCUT2D eigenvalue weighted by Gasteiger charge is -2.37. The van der Waals surface area contributed by atoms with E-state index in [1.807, 2.05) is 0 Å². The normalized spacial score (nSPS) is 21.6. The van der Waals surface area contributed by atoms with Gasteiger partial charge in [-0.2, -0.15) is 0 Å². The maximum Gasteiger partial charge on any atom is 0.509 e. The minimum absolute atomic E-state index is 0.0993. The van der Waals surface area contributed by atoms with Crippen molar-refractivity contribution in [1.29, 1.82) is 0 Å². The van der Waals surface area contributed by atoms with Crippen molar-refractivity contribution in [2.75, 3.05) is 26.5 Å². The van der Waals surface area contributed by atoms with Crippen molar-refractivity contribution in [3.05, 3.63) is 18.2 Å². The van der Waals surface area contributed by atoms with Gasteiger partial charge >= 0.3 is 6.16 Å². The quantitative estimate of drug-likeness (QED) is 0.768. The van der Waals surface area contributed by atoms with Crippen LogP contribution in [0.4, 0.5) is 4.79 Å². The molecule has 1 aromatic carbocycles. The molecule has 0 bridgehead atoms. The lowest BCUT2D eigenvalue weighted by molar-refractivity contribution is -0.141. The van der Waals surface area contributed by atoms with Crippen LogP contribution in [0.25, 0.3) is 0 Å². The molecule has 1 aromatic rings. The van der Waals surface area contributed by atoms with Crippen molar-refractivity contribution in [2.45, 2.75) is 31.5 Å². The highest BCUT2D eigenvalue weighted by atomic mass is 16.8. The molecule has 3 aliphatic heterocycles. The third-order valence-electron chi connectivity index (χ3n) is 4.74. The highest BCUT2D eigenvalue weighted by Gasteiger charge is 2.45. The van der Waals surface area contributed by atoms with Crippen LogP contribution in [0.1, 0.15) is 19.8 Å². The molecule has 1 spiro atoms. The Morgan fingerprint density at radius 3 is 2.68 bits per heavy atom. The Morgan fingerprint density at radius 1 is 1.20 bits per heavy atom. The summed E-state index contributed by atoms with van der Waals surface area (Å²) in [6, 6.07) is 5.22. The van der Waals surface area contributed by atoms with Crippen LogP contribution in [0.15, 0.2) is 18.2 Å². The van der Waals surface area contributed by atoms with E-state index in [1.165, 1.54) is 0 Å². The van der Waals surface area contributed by atoms with Crippen molar-refractivity contribution in [2.24, 2.45) is 0 Å². The van der Waals surface area contributed by atoms with E-state index >= 15 is 0 Å². The number of carbonyl (C=O) groups is 2. The SMILES string of the molecule is CC(Oc1ccc2c(c1)OCO2)C(=O)N1CCC2(CC1)COC(=O)O2. The number of nitrogens with zero attached hydrogens (tertiary/aromatic N) is 1. The van der Waals surface area contributed by atoms with Gasteiger partial charge in [0.2, 0.25) is 6.79 Å². The Labute approximate surface area is 144 Å². The zero-order valence-corrected chi connectivity index (χ0v) is 13.9. The number of carbonyl (C=O) groups excluding carboxylic acids is 2. The number of hydrogen-bond donors (Lipinski definition) is 0. The molecule has 25 heavy (non-hydrogen) atoms. The van der Waals surface area contributed by atoms with E-state index in [4.69, 9.17) is 23.7 Å². The smallest absolute Gasteiger partial charge is 0.481 e. The van der Waals surface area contributed by atoms with Crippen molar-refractivity contribution >= 4 is 12.1 Å². The van der Waals surface area contributed by atoms with E-state index in [2.05, 4.69) is 0 Å². The topological polar surface area (TPSA) is 83.5 Å². The fourth-order valence-corrected chi connectivity index (χ4v) is 3.27. The van der Waals surface area contributed by atoms with Gasteiger partial charge in [-0.25, -0.2) is 4.79 Å². The first kappa shape index (κ1) is 15.9. The number of piperidine rings is 1. The highest BCUT2D eigenvalue weighted by Crippen LogP contribution is 2.36. The second-order valence-corrected chi connectivity index (χ2v) is 6.42. The van der Waals surface area contributed by atoms with Crippen LogP contribution in [-0.4, -0.2) is 55.2 Å². The first-order valence-electron chi connectivity index (χ1n) is 8.26. The predicted octanol–water partition coefficient (Wildman–Crippen LogP) is 1.71. The summed E-state index contributed by atoms with van der Waals surface area (Å²) in [7, 11) is 0. The average molecular weight is 349 g/mol. The monoisotopic (exact) mass is 349 g/mol. The number of fused-ring (bicyclic) bond motifs is 1. The molecule has 2 saturated heterocycles. The summed E-state index contributed by atoms with van der Waals surface area (Å²) < 4.78 is 26.5. The second-order valence-electron chi connectivity index (χ2n) is 6.42. The number of cyclic esters (lactones) is 1. The van der Waals surface area contributed by atoms with Gasteiger partial charge in [0.1, 0.15) is 12.4 Å². The molecule has 3 aliphatic rings. The van der Waals surface area contributed by atoms with E-state index < -0.39 is 17.9 Å². The number of likely N-dealkylation sites (tertiary alicyclic amines) is 1. The molecule has 1 unspecified atom stereocenters. The van der Waals surface area contributed by atoms with Crippen LogP contribution in [0.3, 0.4) is 0 Å². The Balaban J connectivity index is 1.34. The number of ether oxygens (including phenoxy) is 5. The summed E-state index contributed by atoms with van der Waals surface area (Å²) in [4.78, 5) is 25.5. The minimum atomic E-state index is -0.628. The standard InChI is InChI=1S/C17H19NO7/c1-11(24-12-2-3-13-14(8-12)23-10-22-13)15(19)18-6-4-17(5-7-18)9-21-16(20)25-17/h2-3,8,11H,4-7,9-10H2,1H3. The third-order valence-corrected chi connectivity index (χ3v) is 4.74. The Kier molecular flexibility index (Phi) is 3.82. The summed E-state index contributed by atoms with van der Waals surface area (Å²) >= 11 is 0. The van der Waals surface area contributed by atoms with Gasteiger partial charge in [0.05, 0.1) is 0 Å². The zero-order valence-electron chi connectivity index (χ0n) is 13.9. The van der Waals surface area contributed by atoms with Crippen LogP contribution < -0.4 is 14.2 Å². The first-order chi connectivity index (χ1) is 12.0. The van der Waals surface area contributed by atoms with Gasteiger partial charge in [0.25, 0.3) is 5.91 Å². The second kappa shape index (κ2) is 6.02. The third kappa shape index (κ3) is 3.04. The van der Waals surface area contributed by atoms with Crippen LogP contribution in [0.5, 0.6) is 17.2 Å². The van der Waals surface area contributed by atoms with Gasteiger partial charge < -0.3 is 28.6 Å². The van der Waals surface area contributed by atoms with Gasteiger partial charge in [-0.15, -0.1) is 0 Å². The molecular weight excluding hydrogens is 330 g/mol. The minimum Gasteiger partial charge on any atom is -0.481 e. The Morgan fingerprint density at radius 2 is 1.96 bits per heavy atom. The van der Waals surface area contributed by atoms with E-state index in [1.54, 1.807) is 30.0 Å². The van der Waals surface area contributed by atoms with Crippen molar-refractivity contribution in [1.82, 2.24) is 4.90 Å². The van der Waals surface area contributed by atoms with Crippen molar-refractivity contribution in [3.63, 3.8) is 0 Å². The summed E-state index contributed by atoms with van der Waals surface area (Å²) in [5, 5.41) is 0. The maximum absolute atomic E-state index is 12.6. The molecule has 1 atom stereocenters. The van der Waals surface area contributed by atoms with E-state index in [0.717, 1.165) is 0 Å². The van der Waals surface area contributed by atoms with Crippen LogP contribution >= 0.6 is 0 Å². The average Bonchev–Trinajstić information content (AvgIpc) is 3.21. The molecule has 0 radical (unpaired) electrons. The molecule has 2 fully saturated rings. The molecule has 3 heterocycles. The zero-order chi connectivity index (χ0) is 17.4. The molecule has 0 saturated carbocycles. The Bertz CT molecular complexity index is 696. The highest BCUT2D eigenvalue weighted by molar-refractivity contribution is 5.81.